The molecule has 2 heterocycles. The highest BCUT2D eigenvalue weighted by molar-refractivity contribution is 6.36. The molecule has 10 heteroatoms. The van der Waals surface area contributed by atoms with Crippen molar-refractivity contribution in [3.8, 4) is 11.5 Å². The minimum atomic E-state index is -0.307. The van der Waals surface area contributed by atoms with Crippen LogP contribution in [0.5, 0.6) is 0 Å². The summed E-state index contributed by atoms with van der Waals surface area (Å²) in [5.41, 5.74) is 7.96. The lowest BCUT2D eigenvalue weighted by Crippen LogP contribution is -2.19. The maximum Gasteiger partial charge on any atom is 0.244 e. The van der Waals surface area contributed by atoms with Gasteiger partial charge in [0.2, 0.25) is 5.91 Å². The van der Waals surface area contributed by atoms with E-state index >= 15 is 0 Å². The first kappa shape index (κ1) is 17.3. The first-order chi connectivity index (χ1) is 13.0. The summed E-state index contributed by atoms with van der Waals surface area (Å²) in [4.78, 5) is 17.1. The summed E-state index contributed by atoms with van der Waals surface area (Å²) < 4.78 is 6.35. The number of nitrogens with zero attached hydrogens (tertiary/aromatic N) is 4. The number of nitrogens with one attached hydrogen (secondary N) is 1. The van der Waals surface area contributed by atoms with Gasteiger partial charge in [0.05, 0.1) is 21.7 Å². The van der Waals surface area contributed by atoms with Crippen molar-refractivity contribution in [2.24, 2.45) is 0 Å². The lowest BCUT2D eigenvalue weighted by molar-refractivity contribution is -0.116. The van der Waals surface area contributed by atoms with Crippen molar-refractivity contribution in [3.05, 3.63) is 52.5 Å². The molecule has 1 amide bonds. The van der Waals surface area contributed by atoms with Crippen LogP contribution in [0.2, 0.25) is 10.0 Å². The number of nitrogen functional groups attached to an aromatic ring is 1. The molecule has 0 bridgehead atoms. The molecule has 0 spiro atoms. The highest BCUT2D eigenvalue weighted by atomic mass is 35.5. The van der Waals surface area contributed by atoms with Gasteiger partial charge in [-0.05, 0) is 40.6 Å². The fraction of sp³-hybridized carbons (Fsp3) is 0.0588. The molecule has 0 aliphatic heterocycles. The molecule has 4 rings (SSSR count). The van der Waals surface area contributed by atoms with Gasteiger partial charge in [0.25, 0.3) is 0 Å². The number of carbonyl (C=O) groups excluding carboxylic acids is 1. The van der Waals surface area contributed by atoms with Crippen molar-refractivity contribution in [1.82, 2.24) is 19.9 Å². The number of benzene rings is 2. The molecule has 0 aliphatic rings. The highest BCUT2D eigenvalue weighted by Crippen LogP contribution is 2.28. The summed E-state index contributed by atoms with van der Waals surface area (Å²) in [5.74, 6) is 0.165. The quantitative estimate of drug-likeness (QED) is 0.538. The van der Waals surface area contributed by atoms with Gasteiger partial charge in [0.1, 0.15) is 6.54 Å². The predicted octanol–water partition coefficient (Wildman–Crippen LogP) is 3.61. The van der Waals surface area contributed by atoms with Crippen molar-refractivity contribution >= 4 is 51.6 Å². The van der Waals surface area contributed by atoms with Gasteiger partial charge in [-0.3, -0.25) is 4.79 Å². The van der Waals surface area contributed by atoms with Crippen LogP contribution in [0.15, 0.2) is 47.1 Å². The first-order valence-corrected chi connectivity index (χ1v) is 8.57. The van der Waals surface area contributed by atoms with Crippen LogP contribution in [-0.2, 0) is 11.3 Å². The number of fused-ring (bicyclic) bond motifs is 1. The number of hydrogen-bond acceptors (Lipinski definition) is 6. The normalized spacial score (nSPS) is 11.0. The average molecular weight is 403 g/mol. The number of carbonyl (C=O) groups is 1. The van der Waals surface area contributed by atoms with Gasteiger partial charge in [0.15, 0.2) is 17.3 Å². The van der Waals surface area contributed by atoms with Crippen LogP contribution >= 0.6 is 23.2 Å². The van der Waals surface area contributed by atoms with Gasteiger partial charge in [-0.25, -0.2) is 9.61 Å². The van der Waals surface area contributed by atoms with Crippen LogP contribution in [0.3, 0.4) is 0 Å². The van der Waals surface area contributed by atoms with E-state index in [0.29, 0.717) is 27.1 Å². The maximum atomic E-state index is 12.6. The number of amides is 1. The van der Waals surface area contributed by atoms with E-state index in [-0.39, 0.29) is 24.0 Å². The lowest BCUT2D eigenvalue weighted by Gasteiger charge is -2.10. The third-order valence-electron chi connectivity index (χ3n) is 3.89. The van der Waals surface area contributed by atoms with Gasteiger partial charge in [0, 0.05) is 5.02 Å². The molecule has 3 N–H and O–H groups in total. The molecular formula is C17H12Cl2N6O2. The highest BCUT2D eigenvalue weighted by Gasteiger charge is 2.20. The first-order valence-electron chi connectivity index (χ1n) is 7.81. The maximum absolute atomic E-state index is 12.6. The molecule has 4 aromatic rings. The van der Waals surface area contributed by atoms with Crippen LogP contribution < -0.4 is 11.1 Å². The molecular weight excluding hydrogens is 391 g/mol. The van der Waals surface area contributed by atoms with Crippen molar-refractivity contribution in [2.45, 2.75) is 6.54 Å². The summed E-state index contributed by atoms with van der Waals surface area (Å²) in [6.45, 7) is -0.0406. The Kier molecular flexibility index (Phi) is 4.43. The van der Waals surface area contributed by atoms with Crippen LogP contribution in [-0.4, -0.2) is 25.8 Å². The number of anilines is 2. The van der Waals surface area contributed by atoms with Crippen LogP contribution in [0.1, 0.15) is 0 Å². The van der Waals surface area contributed by atoms with Crippen molar-refractivity contribution in [1.29, 1.82) is 0 Å². The number of rotatable bonds is 4. The zero-order chi connectivity index (χ0) is 19.0. The van der Waals surface area contributed by atoms with Crippen molar-refractivity contribution < 1.29 is 9.42 Å². The molecule has 0 unspecified atom stereocenters. The summed E-state index contributed by atoms with van der Waals surface area (Å²) in [5, 5.41) is 11.0. The van der Waals surface area contributed by atoms with Gasteiger partial charge >= 0.3 is 0 Å². The predicted molar refractivity (Wildman–Crippen MR) is 103 cm³/mol. The SMILES string of the molecule is Nc1nonc1-c1nc2ccccc2n1CC(=O)Nc1ccc(Cl)cc1Cl. The second-order valence-electron chi connectivity index (χ2n) is 5.68. The molecule has 2 aromatic carbocycles. The van der Waals surface area contributed by atoms with Gasteiger partial charge in [-0.15, -0.1) is 0 Å². The van der Waals surface area contributed by atoms with Crippen molar-refractivity contribution in [3.63, 3.8) is 0 Å². The summed E-state index contributed by atoms with van der Waals surface area (Å²) in [7, 11) is 0. The number of aromatic nitrogens is 4. The average Bonchev–Trinajstić information content (AvgIpc) is 3.21. The van der Waals surface area contributed by atoms with Crippen LogP contribution in [0.4, 0.5) is 11.5 Å². The largest absolute Gasteiger partial charge is 0.379 e. The Hall–Kier alpha value is -3.10. The second-order valence-corrected chi connectivity index (χ2v) is 6.52. The smallest absolute Gasteiger partial charge is 0.244 e. The number of hydrogen-bond donors (Lipinski definition) is 2. The van der Waals surface area contributed by atoms with Gasteiger partial charge < -0.3 is 15.6 Å². The van der Waals surface area contributed by atoms with E-state index in [0.717, 1.165) is 5.52 Å². The number of imidazole rings is 1. The van der Waals surface area contributed by atoms with Crippen LogP contribution in [0.25, 0.3) is 22.6 Å². The molecule has 0 fully saturated rings. The molecule has 0 radical (unpaired) electrons. The fourth-order valence-corrected chi connectivity index (χ4v) is 3.15. The van der Waals surface area contributed by atoms with E-state index in [4.69, 9.17) is 28.9 Å². The molecule has 0 saturated carbocycles. The number of halogens is 2. The zero-order valence-electron chi connectivity index (χ0n) is 13.7. The lowest BCUT2D eigenvalue weighted by atomic mass is 10.3. The van der Waals surface area contributed by atoms with E-state index < -0.39 is 0 Å². The Morgan fingerprint density at radius 2 is 2.00 bits per heavy atom. The minimum absolute atomic E-state index is 0.0406. The third-order valence-corrected chi connectivity index (χ3v) is 4.44. The molecule has 8 nitrogen and oxygen atoms in total. The Bertz CT molecular complexity index is 1150. The number of nitrogens with two attached hydrogens (primary N) is 1. The molecule has 2 aromatic heterocycles. The topological polar surface area (TPSA) is 112 Å². The van der Waals surface area contributed by atoms with Gasteiger partial charge in [-0.2, -0.15) is 0 Å². The van der Waals surface area contributed by atoms with E-state index in [2.05, 4.69) is 25.2 Å². The molecule has 0 aliphatic carbocycles. The summed E-state index contributed by atoms with van der Waals surface area (Å²) in [6.07, 6.45) is 0. The van der Waals surface area contributed by atoms with Gasteiger partial charge in [-0.1, -0.05) is 35.3 Å². The van der Waals surface area contributed by atoms with Crippen LogP contribution in [0, 0.1) is 0 Å². The summed E-state index contributed by atoms with van der Waals surface area (Å²) >= 11 is 12.0. The number of para-hydroxylation sites is 2. The third kappa shape index (κ3) is 3.32. The molecule has 27 heavy (non-hydrogen) atoms. The fourth-order valence-electron chi connectivity index (χ4n) is 2.69. The molecule has 0 saturated heterocycles. The van der Waals surface area contributed by atoms with E-state index in [1.54, 1.807) is 22.8 Å². The van der Waals surface area contributed by atoms with Crippen molar-refractivity contribution in [2.75, 3.05) is 11.1 Å². The standard InChI is InChI=1S/C17H12Cl2N6O2/c18-9-5-6-11(10(19)7-9)21-14(26)8-25-13-4-2-1-3-12(13)22-17(25)15-16(20)24-27-23-15/h1-7H,8H2,(H2,20,24)(H,21,26). The second kappa shape index (κ2) is 6.90. The van der Waals surface area contributed by atoms with E-state index in [1.807, 2.05) is 24.3 Å². The monoisotopic (exact) mass is 402 g/mol. The minimum Gasteiger partial charge on any atom is -0.379 e. The van der Waals surface area contributed by atoms with E-state index in [9.17, 15) is 4.79 Å². The Morgan fingerprint density at radius 1 is 1.19 bits per heavy atom. The summed E-state index contributed by atoms with van der Waals surface area (Å²) in [6, 6.07) is 12.2. The molecule has 136 valence electrons. The zero-order valence-corrected chi connectivity index (χ0v) is 15.2. The van der Waals surface area contributed by atoms with E-state index in [1.165, 1.54) is 0 Å². The Balaban J connectivity index is 1.70. The Labute approximate surface area is 162 Å². The Morgan fingerprint density at radius 3 is 2.74 bits per heavy atom. The molecule has 0 atom stereocenters.